The van der Waals surface area contributed by atoms with Crippen LogP contribution in [0.15, 0.2) is 6.20 Å². The van der Waals surface area contributed by atoms with Gasteiger partial charge < -0.3 is 10.2 Å². The van der Waals surface area contributed by atoms with Crippen molar-refractivity contribution in [3.05, 3.63) is 11.9 Å². The minimum atomic E-state index is 0.761. The van der Waals surface area contributed by atoms with Crippen molar-refractivity contribution in [1.82, 2.24) is 15.1 Å². The van der Waals surface area contributed by atoms with Crippen molar-refractivity contribution in [2.24, 2.45) is 7.05 Å². The minimum absolute atomic E-state index is 0.761. The Hall–Kier alpha value is -1.03. The number of nitrogens with one attached hydrogen (secondary N) is 1. The maximum atomic E-state index is 4.45. The van der Waals surface area contributed by atoms with Gasteiger partial charge >= 0.3 is 0 Å². The average Bonchev–Trinajstić information content (AvgIpc) is 2.60. The van der Waals surface area contributed by atoms with Gasteiger partial charge in [-0.2, -0.15) is 5.10 Å². The second-order valence-corrected chi connectivity index (χ2v) is 4.90. The normalized spacial score (nSPS) is 22.2. The fourth-order valence-corrected chi connectivity index (χ4v) is 2.74. The summed E-state index contributed by atoms with van der Waals surface area (Å²) in [5, 5.41) is 7.85. The van der Waals surface area contributed by atoms with Crippen molar-refractivity contribution in [3.8, 4) is 0 Å². The Morgan fingerprint density at radius 2 is 2.06 bits per heavy atom. The van der Waals surface area contributed by atoms with Crippen molar-refractivity contribution in [1.29, 1.82) is 0 Å². The molecule has 2 heterocycles. The van der Waals surface area contributed by atoms with Gasteiger partial charge in [0.15, 0.2) is 0 Å². The standard InChI is InChI=1S/C12H20N4/c1-15-12(10-3-2-4-10)11(9-14-15)16-7-5-13-6-8-16/h9-10,13H,2-8H2,1H3. The van der Waals surface area contributed by atoms with E-state index >= 15 is 0 Å². The van der Waals surface area contributed by atoms with E-state index in [-0.39, 0.29) is 0 Å². The number of rotatable bonds is 2. The van der Waals surface area contributed by atoms with Crippen LogP contribution >= 0.6 is 0 Å². The molecule has 0 unspecified atom stereocenters. The number of hydrogen-bond donors (Lipinski definition) is 1. The number of nitrogens with zero attached hydrogens (tertiary/aromatic N) is 3. The SMILES string of the molecule is Cn1ncc(N2CCNCC2)c1C1CCC1. The zero-order valence-electron chi connectivity index (χ0n) is 9.95. The smallest absolute Gasteiger partial charge is 0.0788 e. The van der Waals surface area contributed by atoms with Gasteiger partial charge in [0.1, 0.15) is 0 Å². The lowest BCUT2D eigenvalue weighted by molar-refractivity contribution is 0.396. The molecule has 1 aromatic rings. The molecule has 16 heavy (non-hydrogen) atoms. The predicted molar refractivity (Wildman–Crippen MR) is 64.9 cm³/mol. The van der Waals surface area contributed by atoms with Crippen molar-refractivity contribution >= 4 is 5.69 Å². The van der Waals surface area contributed by atoms with Gasteiger partial charge in [0.2, 0.25) is 0 Å². The van der Waals surface area contributed by atoms with Gasteiger partial charge in [0, 0.05) is 39.1 Å². The van der Waals surface area contributed by atoms with E-state index in [9.17, 15) is 0 Å². The van der Waals surface area contributed by atoms with Crippen molar-refractivity contribution in [2.45, 2.75) is 25.2 Å². The summed E-state index contributed by atoms with van der Waals surface area (Å²) < 4.78 is 2.08. The van der Waals surface area contributed by atoms with Crippen molar-refractivity contribution in [2.75, 3.05) is 31.1 Å². The van der Waals surface area contributed by atoms with Crippen LogP contribution in [0.4, 0.5) is 5.69 Å². The number of aromatic nitrogens is 2. The summed E-state index contributed by atoms with van der Waals surface area (Å²) in [7, 11) is 2.08. The fourth-order valence-electron chi connectivity index (χ4n) is 2.74. The second-order valence-electron chi connectivity index (χ2n) is 4.90. The number of aryl methyl sites for hydroxylation is 1. The molecule has 1 aliphatic carbocycles. The van der Waals surface area contributed by atoms with Gasteiger partial charge in [0.05, 0.1) is 17.6 Å². The first-order valence-corrected chi connectivity index (χ1v) is 6.34. The van der Waals surface area contributed by atoms with Crippen molar-refractivity contribution < 1.29 is 0 Å². The van der Waals surface area contributed by atoms with Gasteiger partial charge in [-0.1, -0.05) is 6.42 Å². The van der Waals surface area contributed by atoms with Crippen LogP contribution in [-0.2, 0) is 7.05 Å². The summed E-state index contributed by atoms with van der Waals surface area (Å²) in [6.45, 7) is 4.43. The molecule has 0 radical (unpaired) electrons. The molecular weight excluding hydrogens is 200 g/mol. The average molecular weight is 220 g/mol. The third-order valence-electron chi connectivity index (χ3n) is 3.91. The highest BCUT2D eigenvalue weighted by Gasteiger charge is 2.28. The molecule has 2 aliphatic rings. The minimum Gasteiger partial charge on any atom is -0.366 e. The highest BCUT2D eigenvalue weighted by atomic mass is 15.3. The molecule has 0 spiro atoms. The molecule has 88 valence electrons. The molecule has 0 bridgehead atoms. The van der Waals surface area contributed by atoms with E-state index in [0.29, 0.717) is 0 Å². The molecule has 2 fully saturated rings. The summed E-state index contributed by atoms with van der Waals surface area (Å²) in [6.07, 6.45) is 6.13. The van der Waals surface area contributed by atoms with Crippen LogP contribution in [0.2, 0.25) is 0 Å². The highest BCUT2D eigenvalue weighted by molar-refractivity contribution is 5.52. The van der Waals surface area contributed by atoms with Crippen molar-refractivity contribution in [3.63, 3.8) is 0 Å². The predicted octanol–water partition coefficient (Wildman–Crippen LogP) is 1.10. The largest absolute Gasteiger partial charge is 0.366 e. The number of hydrogen-bond acceptors (Lipinski definition) is 3. The Bertz CT molecular complexity index is 361. The van der Waals surface area contributed by atoms with Gasteiger partial charge in [0.25, 0.3) is 0 Å². The summed E-state index contributed by atoms with van der Waals surface area (Å²) >= 11 is 0. The second kappa shape index (κ2) is 4.09. The Balaban J connectivity index is 1.87. The van der Waals surface area contributed by atoms with E-state index in [0.717, 1.165) is 32.1 Å². The maximum absolute atomic E-state index is 4.45. The Labute approximate surface area is 96.6 Å². The van der Waals surface area contributed by atoms with E-state index in [2.05, 4.69) is 33.2 Å². The molecule has 1 N–H and O–H groups in total. The molecule has 0 amide bonds. The van der Waals surface area contributed by atoms with Crippen LogP contribution < -0.4 is 10.2 Å². The first kappa shape index (κ1) is 10.1. The zero-order valence-corrected chi connectivity index (χ0v) is 9.95. The van der Waals surface area contributed by atoms with Crippen LogP contribution in [0, 0.1) is 0 Å². The molecule has 4 heteroatoms. The Morgan fingerprint density at radius 1 is 1.31 bits per heavy atom. The number of piperazine rings is 1. The quantitative estimate of drug-likeness (QED) is 0.810. The fraction of sp³-hybridized carbons (Fsp3) is 0.750. The van der Waals surface area contributed by atoms with E-state index in [4.69, 9.17) is 0 Å². The summed E-state index contributed by atoms with van der Waals surface area (Å²) in [5.74, 6) is 0.761. The third-order valence-corrected chi connectivity index (χ3v) is 3.91. The van der Waals surface area contributed by atoms with Crippen LogP contribution in [0.25, 0.3) is 0 Å². The molecule has 0 atom stereocenters. The van der Waals surface area contributed by atoms with Crippen LogP contribution in [0.1, 0.15) is 30.9 Å². The molecule has 1 saturated carbocycles. The molecule has 1 aromatic heterocycles. The van der Waals surface area contributed by atoms with Gasteiger partial charge in [-0.3, -0.25) is 4.68 Å². The molecule has 1 saturated heterocycles. The molecule has 3 rings (SSSR count). The van der Waals surface area contributed by atoms with Crippen LogP contribution in [0.5, 0.6) is 0 Å². The lowest BCUT2D eigenvalue weighted by atomic mass is 9.82. The van der Waals surface area contributed by atoms with Gasteiger partial charge in [-0.05, 0) is 12.8 Å². The highest BCUT2D eigenvalue weighted by Crippen LogP contribution is 2.40. The maximum Gasteiger partial charge on any atom is 0.0788 e. The number of anilines is 1. The first-order chi connectivity index (χ1) is 7.86. The molecule has 0 aromatic carbocycles. The van der Waals surface area contributed by atoms with Crippen LogP contribution in [-0.4, -0.2) is 36.0 Å². The van der Waals surface area contributed by atoms with Gasteiger partial charge in [-0.15, -0.1) is 0 Å². The van der Waals surface area contributed by atoms with E-state index in [1.54, 1.807) is 0 Å². The van der Waals surface area contributed by atoms with E-state index in [1.165, 1.54) is 30.6 Å². The monoisotopic (exact) mass is 220 g/mol. The van der Waals surface area contributed by atoms with Gasteiger partial charge in [-0.25, -0.2) is 0 Å². The topological polar surface area (TPSA) is 33.1 Å². The van der Waals surface area contributed by atoms with E-state index in [1.807, 2.05) is 0 Å². The summed E-state index contributed by atoms with van der Waals surface area (Å²) in [4.78, 5) is 2.48. The zero-order chi connectivity index (χ0) is 11.0. The molecular formula is C12H20N4. The summed E-state index contributed by atoms with van der Waals surface area (Å²) in [5.41, 5.74) is 2.85. The Morgan fingerprint density at radius 3 is 2.69 bits per heavy atom. The summed E-state index contributed by atoms with van der Waals surface area (Å²) in [6, 6.07) is 0. The third kappa shape index (κ3) is 1.61. The lowest BCUT2D eigenvalue weighted by Crippen LogP contribution is -2.44. The van der Waals surface area contributed by atoms with E-state index < -0.39 is 0 Å². The molecule has 1 aliphatic heterocycles. The van der Waals surface area contributed by atoms with Crippen LogP contribution in [0.3, 0.4) is 0 Å². The first-order valence-electron chi connectivity index (χ1n) is 6.34. The molecule has 4 nitrogen and oxygen atoms in total. The lowest BCUT2D eigenvalue weighted by Gasteiger charge is -2.33. The Kier molecular flexibility index (Phi) is 2.59.